The van der Waals surface area contributed by atoms with Gasteiger partial charge in [0.1, 0.15) is 6.54 Å². The average Bonchev–Trinajstić information content (AvgIpc) is 3.20. The highest BCUT2D eigenvalue weighted by Gasteiger charge is 2.27. The normalized spacial score (nSPS) is 11.7. The molecule has 3 aromatic rings. The molecule has 0 bridgehead atoms. The van der Waals surface area contributed by atoms with E-state index in [1.807, 2.05) is 31.2 Å². The minimum Gasteiger partial charge on any atom is -0.351 e. The minimum absolute atomic E-state index is 0.116. The van der Waals surface area contributed by atoms with Gasteiger partial charge in [-0.1, -0.05) is 58.1 Å². The third-order valence-electron chi connectivity index (χ3n) is 2.94. The lowest BCUT2D eigenvalue weighted by Gasteiger charge is -2.05. The first-order valence-electron chi connectivity index (χ1n) is 7.05. The lowest BCUT2D eigenvalue weighted by atomic mass is 10.1. The number of halogens is 3. The van der Waals surface area contributed by atoms with Crippen LogP contribution in [0.1, 0.15) is 11.5 Å². The molecule has 0 aliphatic heterocycles. The first-order chi connectivity index (χ1) is 11.9. The summed E-state index contributed by atoms with van der Waals surface area (Å²) in [5.74, 6) is 1.24. The van der Waals surface area contributed by atoms with Crippen molar-refractivity contribution in [3.8, 4) is 11.4 Å². The number of nitrogens with one attached hydrogen (secondary N) is 1. The van der Waals surface area contributed by atoms with Crippen LogP contribution in [0.5, 0.6) is 0 Å². The molecule has 0 radical (unpaired) electrons. The second kappa shape index (κ2) is 7.40. The SMILES string of the molecule is Cc1ccc(-c2noc(CSc3nnc(NCC(F)(F)F)s3)n2)cc1. The Morgan fingerprint density at radius 3 is 2.68 bits per heavy atom. The molecule has 0 unspecified atom stereocenters. The van der Waals surface area contributed by atoms with Gasteiger partial charge in [-0.05, 0) is 6.92 Å². The van der Waals surface area contributed by atoms with Crippen LogP contribution in [0, 0.1) is 6.92 Å². The van der Waals surface area contributed by atoms with Crippen molar-refractivity contribution >= 4 is 28.2 Å². The molecule has 1 aromatic carbocycles. The number of hydrogen-bond acceptors (Lipinski definition) is 8. The van der Waals surface area contributed by atoms with E-state index < -0.39 is 12.7 Å². The molecule has 132 valence electrons. The van der Waals surface area contributed by atoms with Crippen LogP contribution in [0.3, 0.4) is 0 Å². The third-order valence-corrected chi connectivity index (χ3v) is 4.94. The molecule has 3 rings (SSSR count). The topological polar surface area (TPSA) is 76.7 Å². The lowest BCUT2D eigenvalue weighted by Crippen LogP contribution is -2.21. The van der Waals surface area contributed by atoms with Gasteiger partial charge in [-0.3, -0.25) is 0 Å². The first kappa shape index (κ1) is 17.7. The maximum atomic E-state index is 12.1. The van der Waals surface area contributed by atoms with E-state index in [2.05, 4.69) is 25.7 Å². The quantitative estimate of drug-likeness (QED) is 0.636. The number of benzene rings is 1. The fourth-order valence-corrected chi connectivity index (χ4v) is 3.36. The Bertz CT molecular complexity index is 832. The van der Waals surface area contributed by atoms with E-state index in [4.69, 9.17) is 4.52 Å². The van der Waals surface area contributed by atoms with E-state index in [9.17, 15) is 13.2 Å². The van der Waals surface area contributed by atoms with Gasteiger partial charge in [0.25, 0.3) is 0 Å². The van der Waals surface area contributed by atoms with Crippen molar-refractivity contribution in [2.45, 2.75) is 23.2 Å². The summed E-state index contributed by atoms with van der Waals surface area (Å²) < 4.78 is 42.1. The third kappa shape index (κ3) is 5.16. The van der Waals surface area contributed by atoms with Gasteiger partial charge in [-0.15, -0.1) is 10.2 Å². The second-order valence-electron chi connectivity index (χ2n) is 5.01. The number of aromatic nitrogens is 4. The Hall–Kier alpha value is -2.14. The molecule has 0 saturated carbocycles. The van der Waals surface area contributed by atoms with Crippen LogP contribution in [-0.4, -0.2) is 33.1 Å². The standard InChI is InChI=1S/C14H12F3N5OS2/c1-8-2-4-9(5-3-8)11-19-10(23-22-11)6-24-13-21-20-12(25-13)18-7-14(15,16)17/h2-5H,6-7H2,1H3,(H,18,20). The Morgan fingerprint density at radius 1 is 1.20 bits per heavy atom. The van der Waals surface area contributed by atoms with Crippen molar-refractivity contribution in [2.24, 2.45) is 0 Å². The molecule has 2 aromatic heterocycles. The van der Waals surface area contributed by atoms with Crippen LogP contribution in [0.25, 0.3) is 11.4 Å². The molecule has 0 aliphatic rings. The molecule has 2 heterocycles. The van der Waals surface area contributed by atoms with Crippen molar-refractivity contribution in [3.05, 3.63) is 35.7 Å². The van der Waals surface area contributed by atoms with Crippen LogP contribution in [0.4, 0.5) is 18.3 Å². The summed E-state index contributed by atoms with van der Waals surface area (Å²) in [6.07, 6.45) is -4.30. The van der Waals surface area contributed by atoms with Crippen LogP contribution in [0.2, 0.25) is 0 Å². The maximum Gasteiger partial charge on any atom is 0.405 e. The Labute approximate surface area is 148 Å². The van der Waals surface area contributed by atoms with Gasteiger partial charge >= 0.3 is 6.18 Å². The molecule has 1 N–H and O–H groups in total. The van der Waals surface area contributed by atoms with Crippen molar-refractivity contribution in [3.63, 3.8) is 0 Å². The number of thioether (sulfide) groups is 1. The monoisotopic (exact) mass is 387 g/mol. The zero-order valence-electron chi connectivity index (χ0n) is 12.9. The van der Waals surface area contributed by atoms with Gasteiger partial charge in [0.2, 0.25) is 16.8 Å². The summed E-state index contributed by atoms with van der Waals surface area (Å²) in [4.78, 5) is 4.29. The fraction of sp³-hybridized carbons (Fsp3) is 0.286. The number of alkyl halides is 3. The minimum atomic E-state index is -4.30. The molecule has 25 heavy (non-hydrogen) atoms. The predicted octanol–water partition coefficient (Wildman–Crippen LogP) is 4.16. The summed E-state index contributed by atoms with van der Waals surface area (Å²) in [5, 5.41) is 13.7. The zero-order chi connectivity index (χ0) is 17.9. The van der Waals surface area contributed by atoms with Crippen LogP contribution >= 0.6 is 23.1 Å². The molecule has 6 nitrogen and oxygen atoms in total. The molecule has 0 amide bonds. The molecule has 0 fully saturated rings. The Kier molecular flexibility index (Phi) is 5.23. The lowest BCUT2D eigenvalue weighted by molar-refractivity contribution is -0.115. The van der Waals surface area contributed by atoms with Crippen molar-refractivity contribution in [1.29, 1.82) is 0 Å². The molecule has 0 saturated heterocycles. The van der Waals surface area contributed by atoms with Crippen molar-refractivity contribution in [2.75, 3.05) is 11.9 Å². The van der Waals surface area contributed by atoms with E-state index in [-0.39, 0.29) is 5.13 Å². The predicted molar refractivity (Wildman–Crippen MR) is 88.5 cm³/mol. The summed E-state index contributed by atoms with van der Waals surface area (Å²) in [5.41, 5.74) is 1.98. The summed E-state index contributed by atoms with van der Waals surface area (Å²) in [6, 6.07) is 7.72. The van der Waals surface area contributed by atoms with E-state index in [1.54, 1.807) is 0 Å². The van der Waals surface area contributed by atoms with Crippen LogP contribution < -0.4 is 5.32 Å². The number of anilines is 1. The highest BCUT2D eigenvalue weighted by molar-refractivity contribution is 8.00. The van der Waals surface area contributed by atoms with Gasteiger partial charge in [0, 0.05) is 5.56 Å². The summed E-state index contributed by atoms with van der Waals surface area (Å²) in [7, 11) is 0. The molecule has 0 atom stereocenters. The first-order valence-corrected chi connectivity index (χ1v) is 8.86. The van der Waals surface area contributed by atoms with Gasteiger partial charge in [0.15, 0.2) is 4.34 Å². The second-order valence-corrected chi connectivity index (χ2v) is 7.21. The van der Waals surface area contributed by atoms with E-state index in [1.165, 1.54) is 11.8 Å². The van der Waals surface area contributed by atoms with Gasteiger partial charge in [-0.2, -0.15) is 18.2 Å². The van der Waals surface area contributed by atoms with E-state index in [0.717, 1.165) is 22.5 Å². The molecular weight excluding hydrogens is 375 g/mol. The Morgan fingerprint density at radius 2 is 1.96 bits per heavy atom. The zero-order valence-corrected chi connectivity index (χ0v) is 14.5. The Balaban J connectivity index is 1.56. The maximum absolute atomic E-state index is 12.1. The molecule has 0 aliphatic carbocycles. The van der Waals surface area contributed by atoms with Gasteiger partial charge < -0.3 is 9.84 Å². The fourth-order valence-electron chi connectivity index (χ4n) is 1.77. The smallest absolute Gasteiger partial charge is 0.351 e. The highest BCUT2D eigenvalue weighted by Crippen LogP contribution is 2.29. The molecule has 11 heteroatoms. The van der Waals surface area contributed by atoms with Crippen molar-refractivity contribution in [1.82, 2.24) is 20.3 Å². The van der Waals surface area contributed by atoms with Gasteiger partial charge in [0.05, 0.1) is 5.75 Å². The number of aryl methyl sites for hydroxylation is 1. The number of rotatable bonds is 6. The van der Waals surface area contributed by atoms with Crippen LogP contribution in [-0.2, 0) is 5.75 Å². The average molecular weight is 387 g/mol. The van der Waals surface area contributed by atoms with Gasteiger partial charge in [-0.25, -0.2) is 0 Å². The highest BCUT2D eigenvalue weighted by atomic mass is 32.2. The largest absolute Gasteiger partial charge is 0.405 e. The molecule has 0 spiro atoms. The van der Waals surface area contributed by atoms with Crippen molar-refractivity contribution < 1.29 is 17.7 Å². The molecular formula is C14H12F3N5OS2. The summed E-state index contributed by atoms with van der Waals surface area (Å²) >= 11 is 2.30. The summed E-state index contributed by atoms with van der Waals surface area (Å²) in [6.45, 7) is 0.845. The number of hydrogen-bond donors (Lipinski definition) is 1. The number of nitrogens with zero attached hydrogens (tertiary/aromatic N) is 4. The van der Waals surface area contributed by atoms with E-state index in [0.29, 0.717) is 21.8 Å². The van der Waals surface area contributed by atoms with Crippen LogP contribution in [0.15, 0.2) is 33.1 Å². The van der Waals surface area contributed by atoms with E-state index >= 15 is 0 Å².